The molecule has 0 radical (unpaired) electrons. The molecule has 2 amide bonds. The number of nitrogens with zero attached hydrogens (tertiary/aromatic N) is 5. The first kappa shape index (κ1) is 25.4. The number of para-hydroxylation sites is 1. The summed E-state index contributed by atoms with van der Waals surface area (Å²) in [6.07, 6.45) is 0.531. The van der Waals surface area contributed by atoms with Gasteiger partial charge in [-0.1, -0.05) is 41.4 Å². The second-order valence-corrected chi connectivity index (χ2v) is 8.13. The summed E-state index contributed by atoms with van der Waals surface area (Å²) >= 11 is 13.0. The number of nitriles is 1. The van der Waals surface area contributed by atoms with Crippen molar-refractivity contribution < 1.29 is 14.3 Å². The maximum absolute atomic E-state index is 12.6. The van der Waals surface area contributed by atoms with E-state index in [0.29, 0.717) is 22.4 Å². The van der Waals surface area contributed by atoms with Gasteiger partial charge in [-0.05, 0) is 37.3 Å². The van der Waals surface area contributed by atoms with Gasteiger partial charge in [-0.15, -0.1) is 0 Å². The number of imide groups is 1. The molecule has 0 aliphatic carbocycles. The Morgan fingerprint density at radius 2 is 1.81 bits per heavy atom. The number of nitrogens with one attached hydrogen (secondary N) is 2. The van der Waals surface area contributed by atoms with E-state index in [1.807, 2.05) is 35.6 Å². The summed E-state index contributed by atoms with van der Waals surface area (Å²) < 4.78 is 7.63. The number of anilines is 1. The molecule has 37 heavy (non-hydrogen) atoms. The van der Waals surface area contributed by atoms with Gasteiger partial charge >= 0.3 is 6.09 Å². The monoisotopic (exact) mass is 537 g/mol. The molecular formula is C24H17Cl2N7O4. The predicted molar refractivity (Wildman–Crippen MR) is 139 cm³/mol. The van der Waals surface area contributed by atoms with E-state index in [0.717, 1.165) is 0 Å². The number of fused-ring (bicyclic) bond motifs is 1. The van der Waals surface area contributed by atoms with E-state index < -0.39 is 17.7 Å². The smallest absolute Gasteiger partial charge is 0.414 e. The zero-order valence-electron chi connectivity index (χ0n) is 19.1. The fraction of sp³-hybridized carbons (Fsp3) is 0.0833. The number of aromatic nitrogens is 3. The van der Waals surface area contributed by atoms with Crippen LogP contribution in [0.1, 0.15) is 6.92 Å². The summed E-state index contributed by atoms with van der Waals surface area (Å²) in [5, 5.41) is 19.5. The Hall–Kier alpha value is -4.66. The second-order valence-electron chi connectivity index (χ2n) is 7.32. The largest absolute Gasteiger partial charge is 0.450 e. The lowest BCUT2D eigenvalue weighted by Crippen LogP contribution is -2.36. The number of alkyl carbamates (subject to hydrolysis) is 1. The van der Waals surface area contributed by atoms with Crippen LogP contribution >= 0.6 is 23.2 Å². The summed E-state index contributed by atoms with van der Waals surface area (Å²) in [6, 6.07) is 16.7. The van der Waals surface area contributed by atoms with Crippen molar-refractivity contribution in [2.75, 3.05) is 12.0 Å². The van der Waals surface area contributed by atoms with Crippen molar-refractivity contribution >= 4 is 57.6 Å². The number of carbonyl (C=O) groups excluding carboxylic acids is 2. The molecular weight excluding hydrogens is 521 g/mol. The number of ether oxygens (including phenoxy) is 1. The summed E-state index contributed by atoms with van der Waals surface area (Å²) in [5.41, 5.74) is 4.06. The summed E-state index contributed by atoms with van der Waals surface area (Å²) in [4.78, 5) is 36.0. The van der Waals surface area contributed by atoms with E-state index in [2.05, 4.69) is 20.4 Å². The zero-order valence-corrected chi connectivity index (χ0v) is 20.6. The van der Waals surface area contributed by atoms with E-state index in [1.165, 1.54) is 33.6 Å². The number of rotatable bonds is 6. The molecule has 2 aromatic carbocycles. The molecule has 4 rings (SSSR count). The molecule has 0 aliphatic heterocycles. The molecule has 0 fully saturated rings. The molecule has 0 spiro atoms. The minimum Gasteiger partial charge on any atom is -0.450 e. The van der Waals surface area contributed by atoms with Gasteiger partial charge in [0.2, 0.25) is 5.71 Å². The van der Waals surface area contributed by atoms with Crippen molar-refractivity contribution in [2.45, 2.75) is 6.92 Å². The molecule has 0 saturated heterocycles. The number of carbonyl (C=O) groups is 2. The highest BCUT2D eigenvalue weighted by Crippen LogP contribution is 2.34. The van der Waals surface area contributed by atoms with Gasteiger partial charge in [-0.3, -0.25) is 24.9 Å². The molecule has 11 nitrogen and oxygen atoms in total. The van der Waals surface area contributed by atoms with Crippen LogP contribution in [0.3, 0.4) is 0 Å². The number of amides is 2. The third-order valence-corrected chi connectivity index (χ3v) is 5.56. The Balaban J connectivity index is 1.67. The van der Waals surface area contributed by atoms with Gasteiger partial charge in [0.05, 0.1) is 39.6 Å². The van der Waals surface area contributed by atoms with Crippen LogP contribution in [0.15, 0.2) is 70.7 Å². The molecule has 0 saturated carbocycles. The summed E-state index contributed by atoms with van der Waals surface area (Å²) in [7, 11) is 0. The maximum Gasteiger partial charge on any atom is 0.414 e. The Labute approximate surface area is 219 Å². The molecule has 0 atom stereocenters. The van der Waals surface area contributed by atoms with Gasteiger partial charge in [0.15, 0.2) is 0 Å². The standard InChI is InChI=1S/C24H17Cl2N7O4/c1-2-37-24(36)29-23(35)18(12-27)31-30-14-10-16(25)22(17(26)11-14)33-19-8-9-21(34)32(20(19)13-28-33)15-6-4-3-5-7-15/h3-11,13,30H,2H2,1H3,(H,29,35,36)/b31-18-. The van der Waals surface area contributed by atoms with Crippen LogP contribution in [0.5, 0.6) is 0 Å². The second kappa shape index (κ2) is 10.9. The van der Waals surface area contributed by atoms with Crippen LogP contribution in [-0.2, 0) is 9.53 Å². The first-order valence-electron chi connectivity index (χ1n) is 10.7. The van der Waals surface area contributed by atoms with Gasteiger partial charge in [-0.25, -0.2) is 9.48 Å². The fourth-order valence-corrected chi connectivity index (χ4v) is 4.09. The molecule has 2 aromatic heterocycles. The number of hydrazone groups is 1. The Bertz CT molecular complexity index is 1620. The Morgan fingerprint density at radius 1 is 1.11 bits per heavy atom. The van der Waals surface area contributed by atoms with E-state index >= 15 is 0 Å². The fourth-order valence-electron chi connectivity index (χ4n) is 3.44. The number of pyridine rings is 1. The maximum atomic E-state index is 12.6. The number of halogens is 2. The highest BCUT2D eigenvalue weighted by Gasteiger charge is 2.18. The van der Waals surface area contributed by atoms with Crippen LogP contribution < -0.4 is 16.3 Å². The number of benzene rings is 2. The summed E-state index contributed by atoms with van der Waals surface area (Å²) in [5.74, 6) is -1.05. The number of hydrogen-bond donors (Lipinski definition) is 2. The quantitative estimate of drug-likeness (QED) is 0.279. The van der Waals surface area contributed by atoms with Crippen molar-refractivity contribution in [1.29, 1.82) is 5.26 Å². The highest BCUT2D eigenvalue weighted by molar-refractivity contribution is 6.47. The van der Waals surface area contributed by atoms with Gasteiger partial charge in [-0.2, -0.15) is 15.5 Å². The molecule has 0 bridgehead atoms. The lowest BCUT2D eigenvalue weighted by Gasteiger charge is -2.12. The molecule has 13 heteroatoms. The third kappa shape index (κ3) is 5.30. The molecule has 4 aromatic rings. The van der Waals surface area contributed by atoms with Gasteiger partial charge < -0.3 is 4.74 Å². The van der Waals surface area contributed by atoms with E-state index in [9.17, 15) is 19.6 Å². The minimum absolute atomic E-state index is 0.0512. The lowest BCUT2D eigenvalue weighted by atomic mass is 10.2. The topological polar surface area (TPSA) is 143 Å². The molecule has 2 heterocycles. The van der Waals surface area contributed by atoms with E-state index in [-0.39, 0.29) is 27.9 Å². The molecule has 0 aliphatic rings. The average Bonchev–Trinajstić information content (AvgIpc) is 3.28. The first-order chi connectivity index (χ1) is 17.8. The Kier molecular flexibility index (Phi) is 7.52. The Morgan fingerprint density at radius 3 is 2.46 bits per heavy atom. The van der Waals surface area contributed by atoms with E-state index in [4.69, 9.17) is 23.2 Å². The van der Waals surface area contributed by atoms with Crippen LogP contribution in [0.25, 0.3) is 22.4 Å². The van der Waals surface area contributed by atoms with Gasteiger partial charge in [0, 0.05) is 11.8 Å². The van der Waals surface area contributed by atoms with Crippen molar-refractivity contribution in [3.8, 4) is 17.4 Å². The molecule has 186 valence electrons. The van der Waals surface area contributed by atoms with Crippen LogP contribution in [-0.4, -0.2) is 38.7 Å². The van der Waals surface area contributed by atoms with Crippen LogP contribution in [0, 0.1) is 11.3 Å². The molecule has 0 unspecified atom stereocenters. The predicted octanol–water partition coefficient (Wildman–Crippen LogP) is 4.05. The van der Waals surface area contributed by atoms with Crippen LogP contribution in [0.4, 0.5) is 10.5 Å². The van der Waals surface area contributed by atoms with Gasteiger partial charge in [0.25, 0.3) is 11.5 Å². The molecule has 2 N–H and O–H groups in total. The zero-order chi connectivity index (χ0) is 26.5. The van der Waals surface area contributed by atoms with Crippen molar-refractivity contribution in [2.24, 2.45) is 5.10 Å². The third-order valence-electron chi connectivity index (χ3n) is 4.98. The lowest BCUT2D eigenvalue weighted by molar-refractivity contribution is -0.114. The van der Waals surface area contributed by atoms with Crippen LogP contribution in [0.2, 0.25) is 10.0 Å². The highest BCUT2D eigenvalue weighted by atomic mass is 35.5. The number of hydrogen-bond acceptors (Lipinski definition) is 8. The summed E-state index contributed by atoms with van der Waals surface area (Å²) in [6.45, 7) is 1.62. The first-order valence-corrected chi connectivity index (χ1v) is 11.5. The van der Waals surface area contributed by atoms with Gasteiger partial charge in [0.1, 0.15) is 11.8 Å². The van der Waals surface area contributed by atoms with Crippen molar-refractivity contribution in [1.82, 2.24) is 19.7 Å². The van der Waals surface area contributed by atoms with E-state index in [1.54, 1.807) is 19.1 Å². The van der Waals surface area contributed by atoms with Crippen molar-refractivity contribution in [3.63, 3.8) is 0 Å². The SMILES string of the molecule is CCOC(=O)NC(=O)/C(C#N)=N\Nc1cc(Cl)c(-n2ncc3c2ccc(=O)n3-c2ccccc2)c(Cl)c1. The normalized spacial score (nSPS) is 11.1. The van der Waals surface area contributed by atoms with Crippen molar-refractivity contribution in [3.05, 3.63) is 81.2 Å². The average molecular weight is 538 g/mol. The minimum atomic E-state index is -1.05.